The third-order valence-corrected chi connectivity index (χ3v) is 3.67. The van der Waals surface area contributed by atoms with Crippen LogP contribution >= 0.6 is 0 Å². The third kappa shape index (κ3) is 4.91. The molecule has 1 amide bonds. The van der Waals surface area contributed by atoms with Crippen molar-refractivity contribution in [2.45, 2.75) is 46.5 Å². The number of para-hydroxylation sites is 1. The Labute approximate surface area is 137 Å². The fourth-order valence-electron chi connectivity index (χ4n) is 2.76. The van der Waals surface area contributed by atoms with E-state index in [1.54, 1.807) is 18.2 Å². The number of Topliss-reactive ketones (excluding diaryl/α,β-unsaturated/α-hetero) is 1. The topological polar surface area (TPSA) is 67.8 Å². The molecule has 2 rings (SSSR count). The Balaban J connectivity index is 2.07. The molecule has 0 radical (unpaired) electrons. The van der Waals surface area contributed by atoms with E-state index < -0.39 is 0 Å². The zero-order chi connectivity index (χ0) is 16.9. The Morgan fingerprint density at radius 1 is 1.30 bits per heavy atom. The maximum atomic E-state index is 12.3. The van der Waals surface area contributed by atoms with Gasteiger partial charge in [0.1, 0.15) is 11.5 Å². The van der Waals surface area contributed by atoms with Gasteiger partial charge < -0.3 is 4.74 Å². The largest absolute Gasteiger partial charge is 0.493 e. The van der Waals surface area contributed by atoms with Crippen molar-refractivity contribution in [1.29, 1.82) is 0 Å². The maximum Gasteiger partial charge on any atom is 0.275 e. The summed E-state index contributed by atoms with van der Waals surface area (Å²) < 4.78 is 5.59. The first-order valence-electron chi connectivity index (χ1n) is 8.00. The van der Waals surface area contributed by atoms with Crippen LogP contribution in [0.15, 0.2) is 29.4 Å². The lowest BCUT2D eigenvalue weighted by molar-refractivity contribution is -0.120. The molecular weight excluding hydrogens is 292 g/mol. The van der Waals surface area contributed by atoms with E-state index in [0.29, 0.717) is 37.2 Å². The van der Waals surface area contributed by atoms with E-state index in [2.05, 4.69) is 10.5 Å². The molecular formula is C18H24N2O3. The molecule has 0 atom stereocenters. The number of hydrazone groups is 1. The van der Waals surface area contributed by atoms with E-state index >= 15 is 0 Å². The summed E-state index contributed by atoms with van der Waals surface area (Å²) in [5.41, 5.74) is 3.64. The number of rotatable bonds is 5. The normalized spacial score (nSPS) is 18.7. The van der Waals surface area contributed by atoms with Crippen molar-refractivity contribution < 1.29 is 14.3 Å². The van der Waals surface area contributed by atoms with Gasteiger partial charge >= 0.3 is 0 Å². The number of amides is 1. The fourth-order valence-corrected chi connectivity index (χ4v) is 2.76. The molecule has 1 aliphatic rings. The first-order valence-corrected chi connectivity index (χ1v) is 8.00. The van der Waals surface area contributed by atoms with E-state index in [4.69, 9.17) is 4.74 Å². The molecule has 0 aromatic heterocycles. The summed E-state index contributed by atoms with van der Waals surface area (Å²) in [5, 5.41) is 4.17. The summed E-state index contributed by atoms with van der Waals surface area (Å²) in [4.78, 5) is 24.1. The highest BCUT2D eigenvalue weighted by Gasteiger charge is 2.30. The molecule has 1 N–H and O–H groups in total. The van der Waals surface area contributed by atoms with Gasteiger partial charge in [0.25, 0.3) is 5.91 Å². The lowest BCUT2D eigenvalue weighted by Crippen LogP contribution is -2.31. The van der Waals surface area contributed by atoms with Crippen molar-refractivity contribution in [3.8, 4) is 5.75 Å². The van der Waals surface area contributed by atoms with Gasteiger partial charge in [0.05, 0.1) is 12.2 Å². The number of benzene rings is 1. The molecule has 1 aliphatic carbocycles. The number of nitrogens with zero attached hydrogens (tertiary/aromatic N) is 1. The molecule has 0 aliphatic heterocycles. The molecule has 0 unspecified atom stereocenters. The zero-order valence-electron chi connectivity index (χ0n) is 14.0. The van der Waals surface area contributed by atoms with Gasteiger partial charge in [-0.1, -0.05) is 32.9 Å². The Bertz CT molecular complexity index is 620. The Hall–Kier alpha value is -2.17. The molecule has 5 nitrogen and oxygen atoms in total. The van der Waals surface area contributed by atoms with Crippen LogP contribution in [0.1, 0.15) is 56.8 Å². The molecule has 1 aromatic rings. The predicted octanol–water partition coefficient (Wildman–Crippen LogP) is 3.34. The van der Waals surface area contributed by atoms with Crippen LogP contribution in [-0.2, 0) is 4.79 Å². The highest BCUT2D eigenvalue weighted by Crippen LogP contribution is 2.31. The molecule has 0 saturated heterocycles. The number of ether oxygens (including phenoxy) is 1. The summed E-state index contributed by atoms with van der Waals surface area (Å²) in [6, 6.07) is 7.09. The molecule has 0 bridgehead atoms. The van der Waals surface area contributed by atoms with Crippen LogP contribution in [0.3, 0.4) is 0 Å². The van der Waals surface area contributed by atoms with E-state index in [0.717, 1.165) is 12.1 Å². The van der Waals surface area contributed by atoms with Gasteiger partial charge in [-0.05, 0) is 30.4 Å². The van der Waals surface area contributed by atoms with E-state index in [-0.39, 0.29) is 17.1 Å². The second kappa shape index (κ2) is 7.40. The van der Waals surface area contributed by atoms with E-state index in [1.807, 2.05) is 26.8 Å². The first-order chi connectivity index (χ1) is 10.9. The average Bonchev–Trinajstić information content (AvgIpc) is 2.49. The lowest BCUT2D eigenvalue weighted by Gasteiger charge is -2.29. The molecule has 5 heteroatoms. The van der Waals surface area contributed by atoms with Gasteiger partial charge in [0, 0.05) is 18.6 Å². The van der Waals surface area contributed by atoms with Crippen molar-refractivity contribution in [3.63, 3.8) is 0 Å². The first kappa shape index (κ1) is 17.2. The highest BCUT2D eigenvalue weighted by atomic mass is 16.5. The van der Waals surface area contributed by atoms with Crippen LogP contribution in [0.4, 0.5) is 0 Å². The number of ketones is 1. The van der Waals surface area contributed by atoms with Gasteiger partial charge in [-0.3, -0.25) is 9.59 Å². The van der Waals surface area contributed by atoms with Crippen LogP contribution in [-0.4, -0.2) is 24.0 Å². The molecule has 23 heavy (non-hydrogen) atoms. The Kier molecular flexibility index (Phi) is 5.53. The van der Waals surface area contributed by atoms with Gasteiger partial charge in [-0.15, -0.1) is 0 Å². The molecule has 0 heterocycles. The molecule has 0 spiro atoms. The standard InChI is InChI=1S/C18H24N2O3/c1-4-9-23-16-8-6-5-7-15(16)17(22)20-19-13-10-14(21)12-18(2,3)11-13/h5-8H,4,9-12H2,1-3H3,(H,20,22)/b19-13+. The number of hydrogen-bond acceptors (Lipinski definition) is 4. The van der Waals surface area contributed by atoms with Crippen LogP contribution in [0.2, 0.25) is 0 Å². The maximum absolute atomic E-state index is 12.3. The zero-order valence-corrected chi connectivity index (χ0v) is 14.0. The van der Waals surface area contributed by atoms with Crippen molar-refractivity contribution in [2.75, 3.05) is 6.61 Å². The van der Waals surface area contributed by atoms with Crippen LogP contribution < -0.4 is 10.2 Å². The number of carbonyl (C=O) groups is 2. The molecule has 1 aromatic carbocycles. The van der Waals surface area contributed by atoms with Gasteiger partial charge in [0.15, 0.2) is 0 Å². The predicted molar refractivity (Wildman–Crippen MR) is 89.8 cm³/mol. The van der Waals surface area contributed by atoms with Gasteiger partial charge in [-0.25, -0.2) is 5.43 Å². The van der Waals surface area contributed by atoms with Crippen molar-refractivity contribution in [1.82, 2.24) is 5.43 Å². The van der Waals surface area contributed by atoms with Crippen molar-refractivity contribution >= 4 is 17.4 Å². The number of hydrogen-bond donors (Lipinski definition) is 1. The highest BCUT2D eigenvalue weighted by molar-refractivity contribution is 6.05. The Morgan fingerprint density at radius 3 is 2.74 bits per heavy atom. The SMILES string of the molecule is CCCOc1ccccc1C(=O)N/N=C1\CC(=O)CC(C)(C)C1. The second-order valence-electron chi connectivity index (χ2n) is 6.70. The van der Waals surface area contributed by atoms with Crippen LogP contribution in [0, 0.1) is 5.41 Å². The minimum Gasteiger partial charge on any atom is -0.493 e. The van der Waals surface area contributed by atoms with Gasteiger partial charge in [0.2, 0.25) is 0 Å². The molecule has 1 fully saturated rings. The second-order valence-corrected chi connectivity index (χ2v) is 6.70. The van der Waals surface area contributed by atoms with E-state index in [9.17, 15) is 9.59 Å². The molecule has 124 valence electrons. The summed E-state index contributed by atoms with van der Waals surface area (Å²) >= 11 is 0. The smallest absolute Gasteiger partial charge is 0.275 e. The third-order valence-electron chi connectivity index (χ3n) is 3.67. The average molecular weight is 316 g/mol. The van der Waals surface area contributed by atoms with E-state index in [1.165, 1.54) is 0 Å². The van der Waals surface area contributed by atoms with Gasteiger partial charge in [-0.2, -0.15) is 5.10 Å². The number of carbonyl (C=O) groups excluding carboxylic acids is 2. The fraction of sp³-hybridized carbons (Fsp3) is 0.500. The van der Waals surface area contributed by atoms with Crippen LogP contribution in [0.5, 0.6) is 5.75 Å². The minimum absolute atomic E-state index is 0.0962. The summed E-state index contributed by atoms with van der Waals surface area (Å²) in [5.74, 6) is 0.396. The summed E-state index contributed by atoms with van der Waals surface area (Å²) in [6.07, 6.45) is 2.47. The summed E-state index contributed by atoms with van der Waals surface area (Å²) in [7, 11) is 0. The quantitative estimate of drug-likeness (QED) is 0.847. The number of nitrogens with one attached hydrogen (secondary N) is 1. The minimum atomic E-state index is -0.319. The van der Waals surface area contributed by atoms with Crippen molar-refractivity contribution in [3.05, 3.63) is 29.8 Å². The lowest BCUT2D eigenvalue weighted by atomic mass is 9.76. The monoisotopic (exact) mass is 316 g/mol. The Morgan fingerprint density at radius 2 is 2.04 bits per heavy atom. The summed E-state index contributed by atoms with van der Waals surface area (Å²) in [6.45, 7) is 6.64. The molecule has 1 saturated carbocycles. The van der Waals surface area contributed by atoms with Crippen molar-refractivity contribution in [2.24, 2.45) is 10.5 Å². The van der Waals surface area contributed by atoms with Crippen LogP contribution in [0.25, 0.3) is 0 Å².